The summed E-state index contributed by atoms with van der Waals surface area (Å²) in [6.45, 7) is 7.92. The first-order chi connectivity index (χ1) is 8.58. The zero-order valence-electron chi connectivity index (χ0n) is 11.3. The number of nitrogens with one attached hydrogen (secondary N) is 3. The van der Waals surface area contributed by atoms with Gasteiger partial charge in [-0.05, 0) is 25.3 Å². The number of rotatable bonds is 4. The first-order valence-electron chi connectivity index (χ1n) is 6.65. The van der Waals surface area contributed by atoms with Crippen LogP contribution >= 0.6 is 0 Å². The third-order valence-corrected chi connectivity index (χ3v) is 4.00. The van der Waals surface area contributed by atoms with Crippen LogP contribution in [0.4, 0.5) is 5.82 Å². The van der Waals surface area contributed by atoms with Crippen LogP contribution in [0.15, 0.2) is 6.07 Å². The van der Waals surface area contributed by atoms with E-state index >= 15 is 0 Å². The molecular weight excluding hydrogens is 228 g/mol. The number of nitrogens with zero attached hydrogens (tertiary/aromatic N) is 1. The molecule has 1 amide bonds. The number of hydrogen-bond donors (Lipinski definition) is 3. The van der Waals surface area contributed by atoms with Gasteiger partial charge in [-0.15, -0.1) is 0 Å². The number of hydrogen-bond acceptors (Lipinski definition) is 3. The first kappa shape index (κ1) is 13.1. The van der Waals surface area contributed by atoms with Crippen molar-refractivity contribution >= 4 is 11.7 Å². The van der Waals surface area contributed by atoms with Crippen LogP contribution in [0, 0.1) is 11.3 Å². The standard InChI is InChI=1S/C13H22N4O/c1-4-10-7-11(17-16-10)15-12(18)13(9(2)3)5-6-14-8-13/h7,9,14H,4-6,8H2,1-3H3,(H2,15,16,17,18). The Balaban J connectivity index is 2.10. The maximum atomic E-state index is 12.5. The molecule has 0 bridgehead atoms. The number of aromatic nitrogens is 2. The highest BCUT2D eigenvalue weighted by atomic mass is 16.2. The van der Waals surface area contributed by atoms with Gasteiger partial charge in [0.05, 0.1) is 5.41 Å². The van der Waals surface area contributed by atoms with E-state index < -0.39 is 0 Å². The summed E-state index contributed by atoms with van der Waals surface area (Å²) in [6, 6.07) is 1.90. The lowest BCUT2D eigenvalue weighted by Gasteiger charge is -2.30. The van der Waals surface area contributed by atoms with Crippen molar-refractivity contribution in [1.82, 2.24) is 15.5 Å². The number of H-pyrrole nitrogens is 1. The molecule has 18 heavy (non-hydrogen) atoms. The van der Waals surface area contributed by atoms with Crippen molar-refractivity contribution in [1.29, 1.82) is 0 Å². The second-order valence-electron chi connectivity index (χ2n) is 5.32. The van der Waals surface area contributed by atoms with Crippen LogP contribution in [0.25, 0.3) is 0 Å². The lowest BCUT2D eigenvalue weighted by molar-refractivity contribution is -0.126. The van der Waals surface area contributed by atoms with Gasteiger partial charge in [0.15, 0.2) is 5.82 Å². The van der Waals surface area contributed by atoms with Gasteiger partial charge in [-0.3, -0.25) is 9.89 Å². The summed E-state index contributed by atoms with van der Waals surface area (Å²) in [5.41, 5.74) is 0.735. The van der Waals surface area contributed by atoms with Crippen LogP contribution in [-0.4, -0.2) is 29.2 Å². The Labute approximate surface area is 108 Å². The van der Waals surface area contributed by atoms with Crippen molar-refractivity contribution in [3.05, 3.63) is 11.8 Å². The molecule has 5 nitrogen and oxygen atoms in total. The average Bonchev–Trinajstić information content (AvgIpc) is 2.97. The molecule has 5 heteroatoms. The van der Waals surface area contributed by atoms with E-state index in [1.54, 1.807) is 0 Å². The second kappa shape index (κ2) is 5.10. The largest absolute Gasteiger partial charge is 0.316 e. The number of carbonyl (C=O) groups excluding carboxylic acids is 1. The molecule has 0 saturated carbocycles. The van der Waals surface area contributed by atoms with Gasteiger partial charge in [-0.1, -0.05) is 20.8 Å². The number of carbonyl (C=O) groups is 1. The highest BCUT2D eigenvalue weighted by Crippen LogP contribution is 2.35. The first-order valence-corrected chi connectivity index (χ1v) is 6.65. The zero-order chi connectivity index (χ0) is 13.2. The average molecular weight is 250 g/mol. The smallest absolute Gasteiger partial charge is 0.233 e. The molecule has 1 atom stereocenters. The van der Waals surface area contributed by atoms with E-state index in [1.165, 1.54) is 0 Å². The molecule has 1 saturated heterocycles. The lowest BCUT2D eigenvalue weighted by Crippen LogP contribution is -2.42. The number of anilines is 1. The molecule has 1 aliphatic heterocycles. The zero-order valence-corrected chi connectivity index (χ0v) is 11.3. The maximum absolute atomic E-state index is 12.5. The topological polar surface area (TPSA) is 69.8 Å². The van der Waals surface area contributed by atoms with E-state index in [1.807, 2.05) is 6.07 Å². The molecule has 0 spiro atoms. The summed E-state index contributed by atoms with van der Waals surface area (Å²) in [7, 11) is 0. The van der Waals surface area contributed by atoms with Gasteiger partial charge in [0.25, 0.3) is 0 Å². The van der Waals surface area contributed by atoms with Crippen molar-refractivity contribution in [2.75, 3.05) is 18.4 Å². The molecule has 0 radical (unpaired) electrons. The Kier molecular flexibility index (Phi) is 3.71. The predicted molar refractivity (Wildman–Crippen MR) is 71.4 cm³/mol. The van der Waals surface area contributed by atoms with Crippen molar-refractivity contribution in [2.45, 2.75) is 33.6 Å². The second-order valence-corrected chi connectivity index (χ2v) is 5.32. The molecule has 2 heterocycles. The van der Waals surface area contributed by atoms with Crippen LogP contribution in [0.1, 0.15) is 32.9 Å². The Morgan fingerprint density at radius 1 is 1.61 bits per heavy atom. The third kappa shape index (κ3) is 2.27. The molecule has 3 N–H and O–H groups in total. The summed E-state index contributed by atoms with van der Waals surface area (Å²) in [4.78, 5) is 12.5. The highest BCUT2D eigenvalue weighted by molar-refractivity contribution is 5.95. The van der Waals surface area contributed by atoms with Gasteiger partial charge in [-0.25, -0.2) is 0 Å². The normalized spacial score (nSPS) is 23.6. The Morgan fingerprint density at radius 3 is 2.89 bits per heavy atom. The summed E-state index contributed by atoms with van der Waals surface area (Å²) >= 11 is 0. The van der Waals surface area contributed by atoms with Crippen LogP contribution in [0.3, 0.4) is 0 Å². The minimum absolute atomic E-state index is 0.0802. The summed E-state index contributed by atoms with van der Waals surface area (Å²) < 4.78 is 0. The maximum Gasteiger partial charge on any atom is 0.233 e. The van der Waals surface area contributed by atoms with Crippen LogP contribution in [-0.2, 0) is 11.2 Å². The van der Waals surface area contributed by atoms with Gasteiger partial charge in [0, 0.05) is 18.3 Å². The molecule has 100 valence electrons. The van der Waals surface area contributed by atoms with E-state index in [4.69, 9.17) is 0 Å². The van der Waals surface area contributed by atoms with E-state index in [9.17, 15) is 4.79 Å². The van der Waals surface area contributed by atoms with E-state index in [0.29, 0.717) is 11.7 Å². The van der Waals surface area contributed by atoms with Crippen LogP contribution in [0.5, 0.6) is 0 Å². The van der Waals surface area contributed by atoms with Crippen LogP contribution in [0.2, 0.25) is 0 Å². The van der Waals surface area contributed by atoms with Crippen molar-refractivity contribution in [3.63, 3.8) is 0 Å². The quantitative estimate of drug-likeness (QED) is 0.759. The number of aromatic amines is 1. The molecule has 1 aromatic rings. The molecule has 1 aromatic heterocycles. The van der Waals surface area contributed by atoms with E-state index in [2.05, 4.69) is 41.6 Å². The molecule has 2 rings (SSSR count). The molecular formula is C13H22N4O. The van der Waals surface area contributed by atoms with Gasteiger partial charge in [-0.2, -0.15) is 5.10 Å². The minimum atomic E-state index is -0.300. The van der Waals surface area contributed by atoms with E-state index in [-0.39, 0.29) is 11.3 Å². The molecule has 0 aromatic carbocycles. The monoisotopic (exact) mass is 250 g/mol. The SMILES string of the molecule is CCc1cc(NC(=O)C2(C(C)C)CCNC2)n[nH]1. The summed E-state index contributed by atoms with van der Waals surface area (Å²) in [5.74, 6) is 1.03. The third-order valence-electron chi connectivity index (χ3n) is 4.00. The lowest BCUT2D eigenvalue weighted by atomic mass is 9.75. The van der Waals surface area contributed by atoms with Gasteiger partial charge < -0.3 is 10.6 Å². The van der Waals surface area contributed by atoms with E-state index in [0.717, 1.165) is 31.6 Å². The van der Waals surface area contributed by atoms with Gasteiger partial charge >= 0.3 is 0 Å². The fourth-order valence-corrected chi connectivity index (χ4v) is 2.51. The summed E-state index contributed by atoms with van der Waals surface area (Å²) in [5, 5.41) is 13.3. The summed E-state index contributed by atoms with van der Waals surface area (Å²) in [6.07, 6.45) is 1.78. The Bertz CT molecular complexity index is 418. The molecule has 1 aliphatic rings. The number of aryl methyl sites for hydroxylation is 1. The fraction of sp³-hybridized carbons (Fsp3) is 0.692. The van der Waals surface area contributed by atoms with Crippen molar-refractivity contribution < 1.29 is 4.79 Å². The van der Waals surface area contributed by atoms with Crippen molar-refractivity contribution in [2.24, 2.45) is 11.3 Å². The molecule has 1 unspecified atom stereocenters. The molecule has 0 aliphatic carbocycles. The fourth-order valence-electron chi connectivity index (χ4n) is 2.51. The van der Waals surface area contributed by atoms with Crippen molar-refractivity contribution in [3.8, 4) is 0 Å². The van der Waals surface area contributed by atoms with Crippen LogP contribution < -0.4 is 10.6 Å². The highest BCUT2D eigenvalue weighted by Gasteiger charge is 2.44. The van der Waals surface area contributed by atoms with Gasteiger partial charge in [0.1, 0.15) is 0 Å². The predicted octanol–water partition coefficient (Wildman–Crippen LogP) is 1.55. The van der Waals surface area contributed by atoms with Gasteiger partial charge in [0.2, 0.25) is 5.91 Å². The Morgan fingerprint density at radius 2 is 2.39 bits per heavy atom. The minimum Gasteiger partial charge on any atom is -0.316 e. The molecule has 1 fully saturated rings. The number of amides is 1. The Hall–Kier alpha value is -1.36.